The molecule has 0 radical (unpaired) electrons. The minimum absolute atomic E-state index is 0.245. The quantitative estimate of drug-likeness (QED) is 0.598. The van der Waals surface area contributed by atoms with Crippen molar-refractivity contribution in [2.45, 2.75) is 18.9 Å². The van der Waals surface area contributed by atoms with Crippen LogP contribution in [0.4, 0.5) is 0 Å². The number of rotatable bonds is 3. The number of hydrogen-bond donors (Lipinski definition) is 1. The Morgan fingerprint density at radius 2 is 2.08 bits per heavy atom. The van der Waals surface area contributed by atoms with Crippen LogP contribution in [0.1, 0.15) is 12.8 Å². The van der Waals surface area contributed by atoms with Gasteiger partial charge in [0, 0.05) is 18.3 Å². The van der Waals surface area contributed by atoms with E-state index in [1.807, 2.05) is 0 Å². The highest BCUT2D eigenvalue weighted by Crippen LogP contribution is 2.07. The summed E-state index contributed by atoms with van der Waals surface area (Å²) >= 11 is -1.90. The van der Waals surface area contributed by atoms with Crippen molar-refractivity contribution < 1.29 is 8.76 Å². The van der Waals surface area contributed by atoms with E-state index in [0.717, 1.165) is 25.9 Å². The Hall–Kier alpha value is 0.0300. The third-order valence-corrected chi connectivity index (χ3v) is 2.72. The van der Waals surface area contributed by atoms with Gasteiger partial charge >= 0.3 is 0 Å². The number of hydrogen-bond acceptors (Lipinski definition) is 4. The van der Waals surface area contributed by atoms with Gasteiger partial charge in [0.05, 0.1) is 0 Å². The third-order valence-electron chi connectivity index (χ3n) is 2.21. The standard InChI is InChI=1S/C7H16N2O2S/c8-7-1-3-9(4-2-7)5-6-12(10)11/h7H,1-6,8H2,(H,10,11)/p-1. The van der Waals surface area contributed by atoms with Crippen molar-refractivity contribution in [3.8, 4) is 0 Å². The lowest BCUT2D eigenvalue weighted by atomic mass is 10.1. The second-order valence-electron chi connectivity index (χ2n) is 3.19. The minimum atomic E-state index is -1.90. The van der Waals surface area contributed by atoms with E-state index < -0.39 is 11.1 Å². The fourth-order valence-electron chi connectivity index (χ4n) is 1.38. The Kier molecular flexibility index (Phi) is 4.14. The van der Waals surface area contributed by atoms with Crippen molar-refractivity contribution in [2.75, 3.05) is 25.4 Å². The lowest BCUT2D eigenvalue weighted by Gasteiger charge is -2.30. The molecule has 1 rings (SSSR count). The largest absolute Gasteiger partial charge is 0.772 e. The fourth-order valence-corrected chi connectivity index (χ4v) is 1.79. The lowest BCUT2D eigenvalue weighted by molar-refractivity contribution is 0.224. The molecule has 1 unspecified atom stereocenters. The summed E-state index contributed by atoms with van der Waals surface area (Å²) in [5, 5.41) is 0. The fraction of sp³-hybridized carbons (Fsp3) is 1.00. The molecule has 1 saturated heterocycles. The topological polar surface area (TPSA) is 69.4 Å². The van der Waals surface area contributed by atoms with Gasteiger partial charge < -0.3 is 15.2 Å². The van der Waals surface area contributed by atoms with Crippen molar-refractivity contribution in [3.05, 3.63) is 0 Å². The van der Waals surface area contributed by atoms with Gasteiger partial charge in [0.2, 0.25) is 0 Å². The number of likely N-dealkylation sites (tertiary alicyclic amines) is 1. The van der Waals surface area contributed by atoms with E-state index in [-0.39, 0.29) is 5.75 Å². The first-order chi connectivity index (χ1) is 5.68. The lowest BCUT2D eigenvalue weighted by Crippen LogP contribution is -2.41. The second-order valence-corrected chi connectivity index (χ2v) is 4.20. The molecule has 0 aliphatic carbocycles. The van der Waals surface area contributed by atoms with Crippen molar-refractivity contribution in [2.24, 2.45) is 5.73 Å². The van der Waals surface area contributed by atoms with Crippen molar-refractivity contribution in [1.29, 1.82) is 0 Å². The molecule has 0 aromatic carbocycles. The van der Waals surface area contributed by atoms with Crippen LogP contribution in [0.5, 0.6) is 0 Å². The van der Waals surface area contributed by atoms with Crippen LogP contribution >= 0.6 is 0 Å². The summed E-state index contributed by atoms with van der Waals surface area (Å²) in [6.07, 6.45) is 1.98. The van der Waals surface area contributed by atoms with Crippen LogP contribution in [0.15, 0.2) is 0 Å². The monoisotopic (exact) mass is 191 g/mol. The molecule has 72 valence electrons. The van der Waals surface area contributed by atoms with Gasteiger partial charge in [-0.05, 0) is 25.9 Å². The van der Waals surface area contributed by atoms with Gasteiger partial charge in [0.15, 0.2) is 0 Å². The third kappa shape index (κ3) is 3.62. The van der Waals surface area contributed by atoms with Gasteiger partial charge in [-0.3, -0.25) is 4.21 Å². The molecule has 1 heterocycles. The van der Waals surface area contributed by atoms with Crippen LogP contribution < -0.4 is 5.73 Å². The normalized spacial score (nSPS) is 24.2. The molecular weight excluding hydrogens is 176 g/mol. The Labute approximate surface area is 75.4 Å². The zero-order valence-corrected chi connectivity index (χ0v) is 7.89. The average Bonchev–Trinajstić information content (AvgIpc) is 2.03. The average molecular weight is 191 g/mol. The number of piperidine rings is 1. The molecule has 5 heteroatoms. The van der Waals surface area contributed by atoms with Crippen LogP contribution in [-0.4, -0.2) is 45.1 Å². The van der Waals surface area contributed by atoms with Gasteiger partial charge in [-0.25, -0.2) is 0 Å². The van der Waals surface area contributed by atoms with Crippen LogP contribution in [0.25, 0.3) is 0 Å². The molecule has 0 aromatic heterocycles. The Morgan fingerprint density at radius 3 is 2.58 bits per heavy atom. The smallest absolute Gasteiger partial charge is 0.0229 e. The summed E-state index contributed by atoms with van der Waals surface area (Å²) in [7, 11) is 0. The summed E-state index contributed by atoms with van der Waals surface area (Å²) < 4.78 is 20.5. The molecule has 0 spiro atoms. The van der Waals surface area contributed by atoms with Crippen LogP contribution in [0.3, 0.4) is 0 Å². The molecule has 0 aromatic rings. The SMILES string of the molecule is NC1CCN(CCS(=O)[O-])CC1. The Bertz CT molecular complexity index is 157. The highest BCUT2D eigenvalue weighted by atomic mass is 32.2. The van der Waals surface area contributed by atoms with Gasteiger partial charge in [-0.2, -0.15) is 0 Å². The first kappa shape index (κ1) is 10.1. The number of nitrogens with zero attached hydrogens (tertiary/aromatic N) is 1. The predicted octanol–water partition coefficient (Wildman–Crippen LogP) is -0.711. The summed E-state index contributed by atoms with van der Waals surface area (Å²) in [4.78, 5) is 2.15. The molecule has 1 fully saturated rings. The molecule has 1 aliphatic rings. The molecule has 2 N–H and O–H groups in total. The molecule has 0 saturated carbocycles. The highest BCUT2D eigenvalue weighted by Gasteiger charge is 2.14. The maximum absolute atomic E-state index is 10.3. The van der Waals surface area contributed by atoms with Gasteiger partial charge in [0.25, 0.3) is 0 Å². The summed E-state index contributed by atoms with van der Waals surface area (Å²) in [6, 6.07) is 0.319. The van der Waals surface area contributed by atoms with E-state index >= 15 is 0 Å². The van der Waals surface area contributed by atoms with Crippen LogP contribution in [0, 0.1) is 0 Å². The highest BCUT2D eigenvalue weighted by molar-refractivity contribution is 7.79. The Balaban J connectivity index is 2.13. The summed E-state index contributed by atoms with van der Waals surface area (Å²) in [5.74, 6) is 0.245. The number of nitrogens with two attached hydrogens (primary N) is 1. The van der Waals surface area contributed by atoms with E-state index in [1.165, 1.54) is 0 Å². The first-order valence-electron chi connectivity index (χ1n) is 4.22. The van der Waals surface area contributed by atoms with Crippen molar-refractivity contribution >= 4 is 11.1 Å². The maximum Gasteiger partial charge on any atom is 0.0229 e. The first-order valence-corrected chi connectivity index (χ1v) is 5.46. The summed E-state index contributed by atoms with van der Waals surface area (Å²) in [5.41, 5.74) is 5.70. The van der Waals surface area contributed by atoms with Gasteiger partial charge in [0.1, 0.15) is 0 Å². The molecule has 1 atom stereocenters. The maximum atomic E-state index is 10.3. The van der Waals surface area contributed by atoms with E-state index in [1.54, 1.807) is 0 Å². The van der Waals surface area contributed by atoms with Crippen molar-refractivity contribution in [3.63, 3.8) is 0 Å². The molecule has 0 amide bonds. The van der Waals surface area contributed by atoms with Crippen LogP contribution in [-0.2, 0) is 11.1 Å². The zero-order valence-electron chi connectivity index (χ0n) is 7.07. The molecule has 1 aliphatic heterocycles. The van der Waals surface area contributed by atoms with E-state index in [4.69, 9.17) is 5.73 Å². The zero-order chi connectivity index (χ0) is 8.97. The summed E-state index contributed by atoms with van der Waals surface area (Å²) in [6.45, 7) is 2.54. The molecule has 4 nitrogen and oxygen atoms in total. The van der Waals surface area contributed by atoms with Crippen LogP contribution in [0.2, 0.25) is 0 Å². The predicted molar refractivity (Wildman–Crippen MR) is 47.4 cm³/mol. The van der Waals surface area contributed by atoms with Gasteiger partial charge in [-0.15, -0.1) is 0 Å². The van der Waals surface area contributed by atoms with E-state index in [9.17, 15) is 8.76 Å². The molecule has 12 heavy (non-hydrogen) atoms. The molecular formula is C7H15N2O2S-. The Morgan fingerprint density at radius 1 is 1.50 bits per heavy atom. The minimum Gasteiger partial charge on any atom is -0.772 e. The molecule has 0 bridgehead atoms. The van der Waals surface area contributed by atoms with E-state index in [0.29, 0.717) is 12.6 Å². The second kappa shape index (κ2) is 4.91. The van der Waals surface area contributed by atoms with Crippen molar-refractivity contribution in [1.82, 2.24) is 4.90 Å². The van der Waals surface area contributed by atoms with E-state index in [2.05, 4.69) is 4.90 Å². The van der Waals surface area contributed by atoms with Gasteiger partial charge in [-0.1, -0.05) is 11.1 Å².